The van der Waals surface area contributed by atoms with Gasteiger partial charge in [0, 0.05) is 12.1 Å². The molecular formula is C9H15I2NO2. The van der Waals surface area contributed by atoms with Crippen LogP contribution in [0.4, 0.5) is 0 Å². The fraction of sp³-hybridized carbons (Fsp3) is 1.00. The summed E-state index contributed by atoms with van der Waals surface area (Å²) < 4.78 is 11.6. The van der Waals surface area contributed by atoms with Crippen LogP contribution in [0.1, 0.15) is 12.8 Å². The molecule has 3 nitrogen and oxygen atoms in total. The largest absolute Gasteiger partial charge is 0.373 e. The maximum atomic E-state index is 5.80. The van der Waals surface area contributed by atoms with Crippen molar-refractivity contribution >= 4 is 45.2 Å². The molecule has 2 aliphatic rings. The number of likely N-dealkylation sites (N-methyl/N-ethyl adjacent to an activating group) is 1. The van der Waals surface area contributed by atoms with Crippen LogP contribution >= 0.6 is 45.2 Å². The highest BCUT2D eigenvalue weighted by molar-refractivity contribution is 14.2. The van der Waals surface area contributed by atoms with Gasteiger partial charge < -0.3 is 9.47 Å². The molecule has 1 aliphatic heterocycles. The number of hydrogen-bond acceptors (Lipinski definition) is 3. The van der Waals surface area contributed by atoms with E-state index in [0.717, 1.165) is 19.8 Å². The van der Waals surface area contributed by atoms with Crippen molar-refractivity contribution in [3.8, 4) is 0 Å². The number of nitrogens with zero attached hydrogens (tertiary/aromatic N) is 1. The van der Waals surface area contributed by atoms with Gasteiger partial charge in [-0.15, -0.1) is 0 Å². The first-order valence-corrected chi connectivity index (χ1v) is 7.34. The fourth-order valence-corrected chi connectivity index (χ4v) is 2.30. The minimum Gasteiger partial charge on any atom is -0.373 e. The molecule has 1 saturated heterocycles. The summed E-state index contributed by atoms with van der Waals surface area (Å²) in [6, 6.07) is 0. The van der Waals surface area contributed by atoms with Crippen molar-refractivity contribution in [1.82, 2.24) is 4.90 Å². The summed E-state index contributed by atoms with van der Waals surface area (Å²) >= 11 is 4.52. The monoisotopic (exact) mass is 423 g/mol. The molecule has 0 aromatic rings. The lowest BCUT2D eigenvalue weighted by atomic mass is 10.2. The molecule has 1 saturated carbocycles. The summed E-state index contributed by atoms with van der Waals surface area (Å²) in [4.78, 5) is 2.44. The molecule has 0 amide bonds. The van der Waals surface area contributed by atoms with Gasteiger partial charge in [-0.2, -0.15) is 0 Å². The maximum Gasteiger partial charge on any atom is 0.159 e. The summed E-state index contributed by atoms with van der Waals surface area (Å²) in [5.74, 6) is 0. The third kappa shape index (κ3) is 2.72. The number of hydrogen-bond donors (Lipinski definition) is 0. The molecule has 2 fully saturated rings. The predicted molar refractivity (Wildman–Crippen MR) is 72.1 cm³/mol. The number of alkyl halides is 2. The van der Waals surface area contributed by atoms with Crippen molar-refractivity contribution in [2.75, 3.05) is 26.8 Å². The fourth-order valence-electron chi connectivity index (χ4n) is 1.89. The zero-order chi connectivity index (χ0) is 10.2. The van der Waals surface area contributed by atoms with Crippen molar-refractivity contribution in [3.63, 3.8) is 0 Å². The normalized spacial score (nSPS) is 31.3. The van der Waals surface area contributed by atoms with Gasteiger partial charge >= 0.3 is 0 Å². The second-order valence-electron chi connectivity index (χ2n) is 4.13. The lowest BCUT2D eigenvalue weighted by molar-refractivity contribution is -0.0907. The van der Waals surface area contributed by atoms with Crippen LogP contribution in [0.3, 0.4) is 0 Å². The number of morpholine rings is 1. The van der Waals surface area contributed by atoms with Crippen molar-refractivity contribution in [3.05, 3.63) is 0 Å². The van der Waals surface area contributed by atoms with E-state index in [2.05, 4.69) is 57.1 Å². The molecular weight excluding hydrogens is 408 g/mol. The van der Waals surface area contributed by atoms with Crippen molar-refractivity contribution in [2.24, 2.45) is 0 Å². The standard InChI is InChI=1S/C9H15I2NO2/c1-12-4-7(5-13-8(10)11)14-6-9(12)2-3-9/h7-8H,2-6H2,1H3/t7-/m1/s1. The molecule has 1 aliphatic carbocycles. The first kappa shape index (κ1) is 11.8. The molecule has 0 aromatic carbocycles. The lowest BCUT2D eigenvalue weighted by Gasteiger charge is -2.37. The molecule has 1 atom stereocenters. The Morgan fingerprint density at radius 3 is 2.79 bits per heavy atom. The first-order chi connectivity index (χ1) is 6.62. The van der Waals surface area contributed by atoms with E-state index in [9.17, 15) is 0 Å². The SMILES string of the molecule is CN1C[C@H](COC(I)I)OCC12CC2. The van der Waals surface area contributed by atoms with Crippen molar-refractivity contribution in [2.45, 2.75) is 26.6 Å². The molecule has 14 heavy (non-hydrogen) atoms. The van der Waals surface area contributed by atoms with Crippen LogP contribution in [0.15, 0.2) is 0 Å². The quantitative estimate of drug-likeness (QED) is 0.513. The first-order valence-electron chi connectivity index (χ1n) is 4.85. The molecule has 0 unspecified atom stereocenters. The molecule has 5 heteroatoms. The van der Waals surface area contributed by atoms with E-state index in [1.54, 1.807) is 0 Å². The van der Waals surface area contributed by atoms with Gasteiger partial charge in [-0.1, -0.05) is 0 Å². The molecule has 0 bridgehead atoms. The summed E-state index contributed by atoms with van der Waals surface area (Å²) in [5, 5.41) is 0. The third-order valence-electron chi connectivity index (χ3n) is 3.11. The van der Waals surface area contributed by atoms with E-state index < -0.39 is 0 Å². The molecule has 2 rings (SSSR count). The van der Waals surface area contributed by atoms with Gasteiger partial charge in [0.25, 0.3) is 0 Å². The number of rotatable bonds is 3. The molecule has 82 valence electrons. The molecule has 0 N–H and O–H groups in total. The Morgan fingerprint density at radius 2 is 2.29 bits per heavy atom. The van der Waals surface area contributed by atoms with Crippen LogP contribution < -0.4 is 0 Å². The van der Waals surface area contributed by atoms with Gasteiger partial charge in [0.05, 0.1) is 19.3 Å². The average Bonchev–Trinajstić information content (AvgIpc) is 2.89. The molecule has 1 heterocycles. The Morgan fingerprint density at radius 1 is 1.57 bits per heavy atom. The summed E-state index contributed by atoms with van der Waals surface area (Å²) in [6.45, 7) is 2.63. The highest BCUT2D eigenvalue weighted by atomic mass is 127. The van der Waals surface area contributed by atoms with Gasteiger partial charge in [0.2, 0.25) is 0 Å². The van der Waals surface area contributed by atoms with Gasteiger partial charge in [0.1, 0.15) is 0 Å². The molecule has 0 radical (unpaired) electrons. The van der Waals surface area contributed by atoms with Crippen LogP contribution in [-0.2, 0) is 9.47 Å². The molecule has 0 aromatic heterocycles. The summed E-state index contributed by atoms with van der Waals surface area (Å²) in [5.41, 5.74) is 0.407. The van der Waals surface area contributed by atoms with E-state index in [4.69, 9.17) is 9.47 Å². The van der Waals surface area contributed by atoms with Crippen molar-refractivity contribution in [1.29, 1.82) is 0 Å². The topological polar surface area (TPSA) is 21.7 Å². The zero-order valence-electron chi connectivity index (χ0n) is 8.21. The lowest BCUT2D eigenvalue weighted by Crippen LogP contribution is -2.50. The molecule has 1 spiro atoms. The second kappa shape index (κ2) is 4.68. The number of ether oxygens (including phenoxy) is 2. The van der Waals surface area contributed by atoms with Crippen LogP contribution in [0.2, 0.25) is 0 Å². The Balaban J connectivity index is 1.75. The summed E-state index contributed by atoms with van der Waals surface area (Å²) in [6.07, 6.45) is 2.87. The Labute approximate surface area is 112 Å². The maximum absolute atomic E-state index is 5.80. The van der Waals surface area contributed by atoms with E-state index in [0.29, 0.717) is 5.54 Å². The highest BCUT2D eigenvalue weighted by Gasteiger charge is 2.49. The highest BCUT2D eigenvalue weighted by Crippen LogP contribution is 2.43. The smallest absolute Gasteiger partial charge is 0.159 e. The Kier molecular flexibility index (Phi) is 3.95. The second-order valence-corrected chi connectivity index (χ2v) is 8.78. The van der Waals surface area contributed by atoms with Gasteiger partial charge in [0.15, 0.2) is 2.12 Å². The summed E-state index contributed by atoms with van der Waals surface area (Å²) in [7, 11) is 2.20. The minimum atomic E-state index is 0.246. The minimum absolute atomic E-state index is 0.246. The zero-order valence-corrected chi connectivity index (χ0v) is 12.5. The van der Waals surface area contributed by atoms with Crippen LogP contribution in [0.5, 0.6) is 0 Å². The van der Waals surface area contributed by atoms with Crippen LogP contribution in [0.25, 0.3) is 0 Å². The average molecular weight is 423 g/mol. The van der Waals surface area contributed by atoms with E-state index >= 15 is 0 Å². The van der Waals surface area contributed by atoms with Gasteiger partial charge in [-0.05, 0) is 65.1 Å². The van der Waals surface area contributed by atoms with Crippen LogP contribution in [0, 0.1) is 0 Å². The Hall–Kier alpha value is 1.34. The van der Waals surface area contributed by atoms with Gasteiger partial charge in [-0.25, -0.2) is 0 Å². The van der Waals surface area contributed by atoms with E-state index in [-0.39, 0.29) is 8.22 Å². The van der Waals surface area contributed by atoms with E-state index in [1.165, 1.54) is 12.8 Å². The third-order valence-corrected chi connectivity index (χ3v) is 3.83. The van der Waals surface area contributed by atoms with E-state index in [1.807, 2.05) is 0 Å². The number of halogens is 2. The predicted octanol–water partition coefficient (Wildman–Crippen LogP) is 2.02. The van der Waals surface area contributed by atoms with Crippen molar-refractivity contribution < 1.29 is 9.47 Å². The Bertz CT molecular complexity index is 207. The van der Waals surface area contributed by atoms with Crippen LogP contribution in [-0.4, -0.2) is 45.5 Å². The van der Waals surface area contributed by atoms with Gasteiger partial charge in [-0.3, -0.25) is 4.90 Å².